The molecule has 0 bridgehead atoms. The Bertz CT molecular complexity index is 710. The number of hydrogen-bond donors (Lipinski definition) is 3. The lowest BCUT2D eigenvalue weighted by atomic mass is 9.99. The first kappa shape index (κ1) is 16.4. The van der Waals surface area contributed by atoms with E-state index < -0.39 is 0 Å². The Kier molecular flexibility index (Phi) is 4.80. The van der Waals surface area contributed by atoms with Gasteiger partial charge in [-0.1, -0.05) is 6.07 Å². The van der Waals surface area contributed by atoms with Gasteiger partial charge in [0.25, 0.3) is 5.91 Å². The van der Waals surface area contributed by atoms with Crippen LogP contribution >= 0.6 is 0 Å². The van der Waals surface area contributed by atoms with Crippen LogP contribution in [0.5, 0.6) is 0 Å². The van der Waals surface area contributed by atoms with Gasteiger partial charge in [-0.15, -0.1) is 0 Å². The van der Waals surface area contributed by atoms with Gasteiger partial charge in [-0.2, -0.15) is 5.10 Å². The first-order valence-corrected chi connectivity index (χ1v) is 8.22. The zero-order valence-corrected chi connectivity index (χ0v) is 14.2. The molecule has 0 saturated carbocycles. The third kappa shape index (κ3) is 3.56. The van der Waals surface area contributed by atoms with E-state index in [2.05, 4.69) is 25.8 Å². The van der Waals surface area contributed by atoms with Gasteiger partial charge in [0.15, 0.2) is 5.69 Å². The van der Waals surface area contributed by atoms with Crippen molar-refractivity contribution in [2.24, 2.45) is 0 Å². The molecule has 0 unspecified atom stereocenters. The minimum atomic E-state index is -0.160. The molecule has 2 aromatic rings. The second-order valence-corrected chi connectivity index (χ2v) is 6.16. The van der Waals surface area contributed by atoms with E-state index >= 15 is 0 Å². The van der Waals surface area contributed by atoms with Crippen molar-refractivity contribution in [3.05, 3.63) is 40.8 Å². The molecule has 128 valence electrons. The molecule has 0 aliphatic carbocycles. The van der Waals surface area contributed by atoms with E-state index in [1.54, 1.807) is 6.20 Å². The monoisotopic (exact) mass is 329 g/mol. The number of aryl methyl sites for hydroxylation is 1. The molecule has 7 heteroatoms. The number of carbonyl (C=O) groups is 1. The first-order valence-electron chi connectivity index (χ1n) is 8.22. The minimum Gasteiger partial charge on any atom is -0.369 e. The summed E-state index contributed by atoms with van der Waals surface area (Å²) in [5.41, 5.74) is 3.46. The fourth-order valence-electron chi connectivity index (χ4n) is 2.88. The summed E-state index contributed by atoms with van der Waals surface area (Å²) in [5.74, 6) is 0.638. The van der Waals surface area contributed by atoms with Gasteiger partial charge in [0.05, 0.1) is 17.9 Å². The number of ether oxygens (including phenoxy) is 1. The number of anilines is 1. The fourth-order valence-corrected chi connectivity index (χ4v) is 2.88. The van der Waals surface area contributed by atoms with Crippen molar-refractivity contribution in [3.8, 4) is 0 Å². The molecule has 3 N–H and O–H groups in total. The number of aromatic amines is 1. The van der Waals surface area contributed by atoms with Crippen LogP contribution in [0.25, 0.3) is 0 Å². The topological polar surface area (TPSA) is 91.9 Å². The summed E-state index contributed by atoms with van der Waals surface area (Å²) in [6, 6.07) is 3.92. The zero-order valence-electron chi connectivity index (χ0n) is 14.2. The number of amides is 1. The van der Waals surface area contributed by atoms with Gasteiger partial charge in [0, 0.05) is 31.3 Å². The summed E-state index contributed by atoms with van der Waals surface area (Å²) in [6.45, 7) is 7.07. The third-order valence-electron chi connectivity index (χ3n) is 4.08. The number of fused-ring (bicyclic) bond motifs is 1. The Balaban J connectivity index is 1.53. The van der Waals surface area contributed by atoms with Gasteiger partial charge in [-0.05, 0) is 32.4 Å². The molecule has 3 rings (SSSR count). The molecule has 7 nitrogen and oxygen atoms in total. The van der Waals surface area contributed by atoms with Crippen LogP contribution < -0.4 is 10.6 Å². The number of nitrogens with zero attached hydrogens (tertiary/aromatic N) is 2. The van der Waals surface area contributed by atoms with Crippen molar-refractivity contribution in [2.75, 3.05) is 18.4 Å². The number of H-pyrrole nitrogens is 1. The predicted octanol–water partition coefficient (Wildman–Crippen LogP) is 1.98. The average Bonchev–Trinajstić information content (AvgIpc) is 2.97. The highest BCUT2D eigenvalue weighted by molar-refractivity contribution is 5.94. The van der Waals surface area contributed by atoms with Crippen molar-refractivity contribution in [3.63, 3.8) is 0 Å². The summed E-state index contributed by atoms with van der Waals surface area (Å²) in [4.78, 5) is 16.6. The maximum atomic E-state index is 12.4. The minimum absolute atomic E-state index is 0.0629. The van der Waals surface area contributed by atoms with E-state index in [0.717, 1.165) is 22.6 Å². The van der Waals surface area contributed by atoms with Gasteiger partial charge in [-0.25, -0.2) is 4.98 Å². The predicted molar refractivity (Wildman–Crippen MR) is 91.1 cm³/mol. The van der Waals surface area contributed by atoms with Crippen LogP contribution in [0.1, 0.15) is 47.3 Å². The van der Waals surface area contributed by atoms with Crippen molar-refractivity contribution >= 4 is 11.7 Å². The van der Waals surface area contributed by atoms with Crippen LogP contribution in [-0.4, -0.2) is 40.3 Å². The normalized spacial score (nSPS) is 19.6. The van der Waals surface area contributed by atoms with Crippen molar-refractivity contribution in [1.29, 1.82) is 0 Å². The van der Waals surface area contributed by atoms with Gasteiger partial charge in [0.2, 0.25) is 0 Å². The molecule has 0 aromatic carbocycles. The molecule has 2 atom stereocenters. The van der Waals surface area contributed by atoms with Crippen molar-refractivity contribution in [2.45, 2.75) is 39.4 Å². The van der Waals surface area contributed by atoms with Gasteiger partial charge < -0.3 is 15.4 Å². The molecule has 3 heterocycles. The Hall–Kier alpha value is -2.41. The summed E-state index contributed by atoms with van der Waals surface area (Å²) in [5, 5.41) is 13.2. The summed E-state index contributed by atoms with van der Waals surface area (Å²) in [7, 11) is 0. The quantitative estimate of drug-likeness (QED) is 0.730. The Morgan fingerprint density at radius 1 is 1.38 bits per heavy atom. The van der Waals surface area contributed by atoms with Gasteiger partial charge >= 0.3 is 0 Å². The molecule has 0 fully saturated rings. The highest BCUT2D eigenvalue weighted by Crippen LogP contribution is 2.29. The number of pyridine rings is 1. The van der Waals surface area contributed by atoms with E-state index in [4.69, 9.17) is 4.74 Å². The number of rotatable bonds is 5. The molecule has 2 aromatic heterocycles. The molecule has 1 aliphatic rings. The van der Waals surface area contributed by atoms with Crippen LogP contribution in [-0.2, 0) is 11.2 Å². The molecule has 0 saturated heterocycles. The molecular formula is C17H23N5O2. The molecule has 24 heavy (non-hydrogen) atoms. The van der Waals surface area contributed by atoms with Crippen molar-refractivity contribution < 1.29 is 9.53 Å². The van der Waals surface area contributed by atoms with Crippen LogP contribution in [0.3, 0.4) is 0 Å². The molecule has 1 amide bonds. The highest BCUT2D eigenvalue weighted by atomic mass is 16.5. The number of nitrogens with one attached hydrogen (secondary N) is 3. The Labute approximate surface area is 141 Å². The Morgan fingerprint density at radius 3 is 2.96 bits per heavy atom. The lowest BCUT2D eigenvalue weighted by Gasteiger charge is -2.25. The van der Waals surface area contributed by atoms with Crippen molar-refractivity contribution in [1.82, 2.24) is 20.5 Å². The summed E-state index contributed by atoms with van der Waals surface area (Å²) >= 11 is 0. The molecular weight excluding hydrogens is 306 g/mol. The lowest BCUT2D eigenvalue weighted by Crippen LogP contribution is -2.31. The third-order valence-corrected chi connectivity index (χ3v) is 4.08. The lowest BCUT2D eigenvalue weighted by molar-refractivity contribution is -0.00697. The maximum absolute atomic E-state index is 12.4. The van der Waals surface area contributed by atoms with E-state index in [1.165, 1.54) is 0 Å². The van der Waals surface area contributed by atoms with E-state index in [-0.39, 0.29) is 18.1 Å². The molecule has 1 aliphatic heterocycles. The van der Waals surface area contributed by atoms with E-state index in [9.17, 15) is 4.79 Å². The van der Waals surface area contributed by atoms with Crippen LogP contribution in [0.15, 0.2) is 18.3 Å². The Morgan fingerprint density at radius 2 is 2.21 bits per heavy atom. The second-order valence-electron chi connectivity index (χ2n) is 6.16. The maximum Gasteiger partial charge on any atom is 0.272 e. The van der Waals surface area contributed by atoms with Crippen LogP contribution in [0, 0.1) is 6.92 Å². The standard InChI is InChI=1S/C17H23N5O2/c1-10-4-5-14(20-9-10)18-6-7-19-17(23)16-13-8-11(2)24-12(3)15(13)21-22-16/h4-5,9,11-12H,6-8H2,1-3H3,(H,18,20)(H,19,23)(H,21,22)/t11-,12+/m1/s1. The zero-order chi connectivity index (χ0) is 17.1. The van der Waals surface area contributed by atoms with Gasteiger partial charge in [-0.3, -0.25) is 9.89 Å². The average molecular weight is 329 g/mol. The molecule has 0 spiro atoms. The van der Waals surface area contributed by atoms with E-state index in [1.807, 2.05) is 32.9 Å². The first-order chi connectivity index (χ1) is 11.5. The van der Waals surface area contributed by atoms with Crippen LogP contribution in [0.4, 0.5) is 5.82 Å². The SMILES string of the molecule is Cc1ccc(NCCNC(=O)c2n[nH]c3c2C[C@@H](C)O[C@H]3C)nc1. The van der Waals surface area contributed by atoms with Crippen LogP contribution in [0.2, 0.25) is 0 Å². The smallest absolute Gasteiger partial charge is 0.272 e. The number of aromatic nitrogens is 3. The largest absolute Gasteiger partial charge is 0.369 e. The number of carbonyl (C=O) groups excluding carboxylic acids is 1. The molecule has 0 radical (unpaired) electrons. The van der Waals surface area contributed by atoms with Gasteiger partial charge in [0.1, 0.15) is 5.82 Å². The number of hydrogen-bond acceptors (Lipinski definition) is 5. The summed E-state index contributed by atoms with van der Waals surface area (Å²) < 4.78 is 5.74. The highest BCUT2D eigenvalue weighted by Gasteiger charge is 2.29. The second kappa shape index (κ2) is 7.00. The van der Waals surface area contributed by atoms with E-state index in [0.29, 0.717) is 25.2 Å². The summed E-state index contributed by atoms with van der Waals surface area (Å²) in [6.07, 6.45) is 2.53. The fraction of sp³-hybridized carbons (Fsp3) is 0.471.